The van der Waals surface area contributed by atoms with E-state index in [9.17, 15) is 24.6 Å². The summed E-state index contributed by atoms with van der Waals surface area (Å²) in [5.74, 6) is -1.55. The van der Waals surface area contributed by atoms with Crippen LogP contribution in [-0.2, 0) is 27.2 Å². The second-order valence-electron chi connectivity index (χ2n) is 8.84. The summed E-state index contributed by atoms with van der Waals surface area (Å²) in [5, 5.41) is 25.3. The van der Waals surface area contributed by atoms with Crippen molar-refractivity contribution in [2.24, 2.45) is 0 Å². The predicted octanol–water partition coefficient (Wildman–Crippen LogP) is 2.30. The van der Waals surface area contributed by atoms with Gasteiger partial charge in [0.05, 0.1) is 13.2 Å². The van der Waals surface area contributed by atoms with Crippen LogP contribution in [0, 0.1) is 0 Å². The molecule has 2 aromatic carbocycles. The van der Waals surface area contributed by atoms with E-state index in [0.29, 0.717) is 11.3 Å². The van der Waals surface area contributed by atoms with Gasteiger partial charge in [-0.25, -0.2) is 9.59 Å². The molecule has 0 bridgehead atoms. The number of alkyl carbamates (subject to hydrolysis) is 1. The highest BCUT2D eigenvalue weighted by Crippen LogP contribution is 2.14. The number of nitrogens with one attached hydrogen (secondary N) is 2. The Morgan fingerprint density at radius 1 is 0.912 bits per heavy atom. The number of aliphatic hydroxyl groups excluding tert-OH is 1. The van der Waals surface area contributed by atoms with E-state index in [1.54, 1.807) is 69.3 Å². The van der Waals surface area contributed by atoms with Crippen LogP contribution >= 0.6 is 0 Å². The van der Waals surface area contributed by atoms with Crippen molar-refractivity contribution in [2.45, 2.75) is 57.4 Å². The fourth-order valence-corrected chi connectivity index (χ4v) is 3.21. The molecule has 0 saturated carbocycles. The van der Waals surface area contributed by atoms with Crippen molar-refractivity contribution in [2.75, 3.05) is 7.11 Å². The van der Waals surface area contributed by atoms with Gasteiger partial charge in [-0.2, -0.15) is 0 Å². The molecule has 9 nitrogen and oxygen atoms in total. The third-order valence-electron chi connectivity index (χ3n) is 4.86. The zero-order valence-corrected chi connectivity index (χ0v) is 19.8. The van der Waals surface area contributed by atoms with E-state index in [1.165, 1.54) is 7.11 Å². The Balaban J connectivity index is 2.14. The van der Waals surface area contributed by atoms with Gasteiger partial charge in [0, 0.05) is 6.42 Å². The highest BCUT2D eigenvalue weighted by atomic mass is 16.6. The average molecular weight is 473 g/mol. The molecule has 184 valence electrons. The van der Waals surface area contributed by atoms with Crippen LogP contribution in [0.5, 0.6) is 5.75 Å². The number of aliphatic hydroxyl groups is 1. The molecule has 0 aliphatic heterocycles. The van der Waals surface area contributed by atoms with E-state index in [1.807, 2.05) is 6.07 Å². The fourth-order valence-electron chi connectivity index (χ4n) is 3.21. The maximum atomic E-state index is 12.8. The number of benzene rings is 2. The van der Waals surface area contributed by atoms with Crippen LogP contribution < -0.4 is 15.4 Å². The first kappa shape index (κ1) is 26.7. The summed E-state index contributed by atoms with van der Waals surface area (Å²) < 4.78 is 10.3. The van der Waals surface area contributed by atoms with Crippen LogP contribution in [0.4, 0.5) is 4.79 Å². The highest BCUT2D eigenvalue weighted by molar-refractivity contribution is 5.87. The Morgan fingerprint density at radius 2 is 1.50 bits per heavy atom. The molecule has 2 amide bonds. The quantitative estimate of drug-likeness (QED) is 0.417. The summed E-state index contributed by atoms with van der Waals surface area (Å²) in [6.45, 7) is 5.08. The number of methoxy groups -OCH3 is 1. The van der Waals surface area contributed by atoms with Crippen molar-refractivity contribution >= 4 is 18.0 Å². The maximum Gasteiger partial charge on any atom is 0.407 e. The molecule has 0 aliphatic carbocycles. The number of carboxylic acid groups (broad SMARTS) is 1. The summed E-state index contributed by atoms with van der Waals surface area (Å²) in [7, 11) is 1.52. The van der Waals surface area contributed by atoms with Gasteiger partial charge >= 0.3 is 12.1 Å². The number of ether oxygens (including phenoxy) is 2. The molecule has 2 rings (SSSR count). The molecule has 3 atom stereocenters. The van der Waals surface area contributed by atoms with Crippen LogP contribution in [0.2, 0.25) is 0 Å². The van der Waals surface area contributed by atoms with E-state index < -0.39 is 41.8 Å². The Hall–Kier alpha value is -3.59. The number of carbonyl (C=O) groups excluding carboxylic acids is 2. The lowest BCUT2D eigenvalue weighted by Crippen LogP contribution is -2.55. The Labute approximate surface area is 199 Å². The zero-order valence-electron chi connectivity index (χ0n) is 19.8. The number of amides is 2. The summed E-state index contributed by atoms with van der Waals surface area (Å²) in [5.41, 5.74) is 0.653. The van der Waals surface area contributed by atoms with E-state index in [0.717, 1.165) is 5.56 Å². The van der Waals surface area contributed by atoms with Gasteiger partial charge in [-0.3, -0.25) is 4.79 Å². The minimum Gasteiger partial charge on any atom is -0.497 e. The Bertz CT molecular complexity index is 955. The molecular formula is C25H32N2O7. The molecule has 0 radical (unpaired) electrons. The molecule has 0 fully saturated rings. The van der Waals surface area contributed by atoms with Crippen LogP contribution in [0.15, 0.2) is 54.6 Å². The molecular weight excluding hydrogens is 440 g/mol. The number of hydrogen-bond donors (Lipinski definition) is 4. The molecule has 34 heavy (non-hydrogen) atoms. The van der Waals surface area contributed by atoms with Crippen molar-refractivity contribution in [3.8, 4) is 5.75 Å². The van der Waals surface area contributed by atoms with Crippen molar-refractivity contribution < 1.29 is 34.1 Å². The minimum absolute atomic E-state index is 0.000629. The minimum atomic E-state index is -1.72. The SMILES string of the molecule is COc1ccc(C[C@H](NC(=O)[C@@H](O)[C@@H](Cc2ccccc2)NC(=O)OC(C)(C)C)C(=O)O)cc1. The number of aliphatic carboxylic acids is 1. The van der Waals surface area contributed by atoms with Crippen molar-refractivity contribution in [1.29, 1.82) is 0 Å². The third-order valence-corrected chi connectivity index (χ3v) is 4.86. The summed E-state index contributed by atoms with van der Waals surface area (Å²) in [6, 6.07) is 13.4. The van der Waals surface area contributed by atoms with Gasteiger partial charge in [0.15, 0.2) is 6.10 Å². The lowest BCUT2D eigenvalue weighted by Gasteiger charge is -2.27. The number of hydrogen-bond acceptors (Lipinski definition) is 6. The maximum absolute atomic E-state index is 12.8. The Kier molecular flexibility index (Phi) is 9.44. The van der Waals surface area contributed by atoms with Crippen LogP contribution in [0.1, 0.15) is 31.9 Å². The number of carbonyl (C=O) groups is 3. The third kappa shape index (κ3) is 8.74. The standard InChI is InChI=1S/C25H32N2O7/c1-25(2,3)34-24(32)27-19(14-16-8-6-5-7-9-16)21(28)22(29)26-20(23(30)31)15-17-10-12-18(33-4)13-11-17/h5-13,19-21,28H,14-15H2,1-4H3,(H,26,29)(H,27,32)(H,30,31)/t19-,20+,21+/m1/s1. The summed E-state index contributed by atoms with van der Waals surface area (Å²) in [6.07, 6.45) is -2.38. The monoisotopic (exact) mass is 472 g/mol. The van der Waals surface area contributed by atoms with Gasteiger partial charge in [0.2, 0.25) is 0 Å². The van der Waals surface area contributed by atoms with Gasteiger partial charge in [-0.05, 0) is 50.5 Å². The Morgan fingerprint density at radius 3 is 2.03 bits per heavy atom. The number of carboxylic acids is 1. The van der Waals surface area contributed by atoms with E-state index in [2.05, 4.69) is 10.6 Å². The van der Waals surface area contributed by atoms with Crippen LogP contribution in [-0.4, -0.2) is 59.1 Å². The van der Waals surface area contributed by atoms with Crippen LogP contribution in [0.25, 0.3) is 0 Å². The topological polar surface area (TPSA) is 134 Å². The second-order valence-corrected chi connectivity index (χ2v) is 8.84. The van der Waals surface area contributed by atoms with Crippen molar-refractivity contribution in [3.63, 3.8) is 0 Å². The van der Waals surface area contributed by atoms with E-state index in [4.69, 9.17) is 9.47 Å². The smallest absolute Gasteiger partial charge is 0.407 e. The molecule has 0 saturated heterocycles. The largest absolute Gasteiger partial charge is 0.497 e. The first-order valence-corrected chi connectivity index (χ1v) is 10.9. The van der Waals surface area contributed by atoms with Crippen molar-refractivity contribution in [1.82, 2.24) is 10.6 Å². The average Bonchev–Trinajstić information content (AvgIpc) is 2.77. The van der Waals surface area contributed by atoms with Crippen molar-refractivity contribution in [3.05, 3.63) is 65.7 Å². The first-order chi connectivity index (χ1) is 16.0. The summed E-state index contributed by atoms with van der Waals surface area (Å²) in [4.78, 5) is 36.9. The lowest BCUT2D eigenvalue weighted by molar-refractivity contribution is -0.143. The summed E-state index contributed by atoms with van der Waals surface area (Å²) >= 11 is 0. The van der Waals surface area contributed by atoms with Gasteiger partial charge < -0.3 is 30.3 Å². The van der Waals surface area contributed by atoms with Crippen LogP contribution in [0.3, 0.4) is 0 Å². The molecule has 0 aromatic heterocycles. The first-order valence-electron chi connectivity index (χ1n) is 10.9. The molecule has 9 heteroatoms. The molecule has 0 aliphatic rings. The molecule has 0 spiro atoms. The van der Waals surface area contributed by atoms with E-state index in [-0.39, 0.29) is 12.8 Å². The van der Waals surface area contributed by atoms with E-state index >= 15 is 0 Å². The van der Waals surface area contributed by atoms with Gasteiger partial charge in [0.1, 0.15) is 17.4 Å². The lowest BCUT2D eigenvalue weighted by atomic mass is 10.00. The highest BCUT2D eigenvalue weighted by Gasteiger charge is 2.32. The molecule has 2 aromatic rings. The second kappa shape index (κ2) is 12.0. The van der Waals surface area contributed by atoms with Gasteiger partial charge in [-0.15, -0.1) is 0 Å². The predicted molar refractivity (Wildman–Crippen MR) is 126 cm³/mol. The molecule has 0 unspecified atom stereocenters. The molecule has 0 heterocycles. The van der Waals surface area contributed by atoms with Gasteiger partial charge in [-0.1, -0.05) is 42.5 Å². The van der Waals surface area contributed by atoms with Gasteiger partial charge in [0.25, 0.3) is 5.91 Å². The fraction of sp³-hybridized carbons (Fsp3) is 0.400. The normalized spacial score (nSPS) is 13.8. The number of rotatable bonds is 10. The molecule has 4 N–H and O–H groups in total. The zero-order chi connectivity index (χ0) is 25.3.